The number of nitro benzene ring substituents is 1. The number of fused-ring (bicyclic) bond motifs is 1. The van der Waals surface area contributed by atoms with Crippen LogP contribution in [0.4, 0.5) is 5.69 Å². The molecule has 1 aliphatic heterocycles. The first-order valence-electron chi connectivity index (χ1n) is 7.62. The minimum Gasteiger partial charge on any atom is -1.00 e. The summed E-state index contributed by atoms with van der Waals surface area (Å²) in [6.45, 7) is 0. The van der Waals surface area contributed by atoms with Gasteiger partial charge in [0.05, 0.1) is 15.9 Å². The summed E-state index contributed by atoms with van der Waals surface area (Å²) in [7, 11) is 0. The van der Waals surface area contributed by atoms with Crippen molar-refractivity contribution in [3.05, 3.63) is 78.5 Å². The van der Waals surface area contributed by atoms with Crippen LogP contribution in [-0.2, 0) is 0 Å². The molecule has 1 aliphatic rings. The van der Waals surface area contributed by atoms with E-state index in [0.29, 0.717) is 31.8 Å². The Labute approximate surface area is 184 Å². The molecule has 0 amide bonds. The lowest BCUT2D eigenvalue weighted by molar-refractivity contribution is -0.588. The number of carbonyl (C=O) groups excluding carboxylic acids is 1. The van der Waals surface area contributed by atoms with E-state index in [0.717, 1.165) is 4.34 Å². The van der Waals surface area contributed by atoms with Gasteiger partial charge in [0.1, 0.15) is 4.91 Å². The molecule has 3 aromatic rings. The molecule has 142 valence electrons. The molecule has 0 unspecified atom stereocenters. The summed E-state index contributed by atoms with van der Waals surface area (Å²) in [6.07, 6.45) is 1.72. The Morgan fingerprint density at radius 1 is 1.14 bits per heavy atom. The average molecular weight is 472 g/mol. The Morgan fingerprint density at radius 3 is 2.64 bits per heavy atom. The number of hydrogen-bond donors (Lipinski definition) is 0. The van der Waals surface area contributed by atoms with Gasteiger partial charge in [0.15, 0.2) is 0 Å². The summed E-state index contributed by atoms with van der Waals surface area (Å²) in [5, 5.41) is 13.8. The minimum atomic E-state index is -0.453. The maximum Gasteiger partial charge on any atom is 0.433 e. The molecule has 0 radical (unpaired) electrons. The quantitative estimate of drug-likeness (QED) is 0.255. The first kappa shape index (κ1) is 20.8. The number of nitro groups is 1. The van der Waals surface area contributed by atoms with Crippen LogP contribution < -0.4 is 17.0 Å². The van der Waals surface area contributed by atoms with Gasteiger partial charge in [0.25, 0.3) is 5.69 Å². The lowest BCUT2D eigenvalue weighted by atomic mass is 10.1. The van der Waals surface area contributed by atoms with E-state index >= 15 is 0 Å². The topological polar surface area (TPSA) is 64.1 Å². The van der Waals surface area contributed by atoms with Crippen molar-refractivity contribution >= 4 is 64.0 Å². The normalized spacial score (nSPS) is 14.1. The van der Waals surface area contributed by atoms with Crippen LogP contribution in [0.15, 0.2) is 57.1 Å². The van der Waals surface area contributed by atoms with E-state index in [1.54, 1.807) is 41.0 Å². The van der Waals surface area contributed by atoms with Gasteiger partial charge in [-0.2, -0.15) is 0 Å². The number of carbonyl (C=O) groups is 1. The Kier molecular flexibility index (Phi) is 6.12. The molecular weight excluding hydrogens is 463 g/mol. The lowest BCUT2D eigenvalue weighted by Gasteiger charge is -1.99. The third-order valence-corrected chi connectivity index (χ3v) is 6.60. The second-order valence-electron chi connectivity index (χ2n) is 5.61. The molecule has 2 heterocycles. The molecule has 10 heteroatoms. The van der Waals surface area contributed by atoms with E-state index in [1.807, 2.05) is 5.38 Å². The van der Waals surface area contributed by atoms with Crippen molar-refractivity contribution in [1.29, 1.82) is 0 Å². The van der Waals surface area contributed by atoms with E-state index in [-0.39, 0.29) is 24.0 Å². The van der Waals surface area contributed by atoms with Gasteiger partial charge in [-0.1, -0.05) is 46.7 Å². The number of hydrogen-bond acceptors (Lipinski definition) is 5. The number of allylic oxidation sites excluding steroid dienone is 1. The van der Waals surface area contributed by atoms with E-state index in [2.05, 4.69) is 0 Å². The zero-order chi connectivity index (χ0) is 19.1. The fourth-order valence-corrected chi connectivity index (χ4v) is 5.28. The highest BCUT2D eigenvalue weighted by molar-refractivity contribution is 8.05. The van der Waals surface area contributed by atoms with Gasteiger partial charge in [-0.25, -0.2) is 4.79 Å². The molecule has 0 bridgehead atoms. The van der Waals surface area contributed by atoms with Gasteiger partial charge in [-0.15, -0.1) is 4.57 Å². The van der Waals surface area contributed by atoms with Gasteiger partial charge < -0.3 is 12.4 Å². The van der Waals surface area contributed by atoms with E-state index < -0.39 is 4.92 Å². The number of aromatic nitrogens is 1. The van der Waals surface area contributed by atoms with Crippen molar-refractivity contribution in [2.75, 3.05) is 0 Å². The Bertz CT molecular complexity index is 1140. The lowest BCUT2D eigenvalue weighted by Crippen LogP contribution is -3.00. The zero-order valence-electron chi connectivity index (χ0n) is 13.8. The zero-order valence-corrected chi connectivity index (χ0v) is 17.7. The van der Waals surface area contributed by atoms with Crippen LogP contribution in [0.1, 0.15) is 10.4 Å². The molecule has 28 heavy (non-hydrogen) atoms. The molecule has 0 fully saturated rings. The van der Waals surface area contributed by atoms with E-state index in [1.165, 1.54) is 35.2 Å². The van der Waals surface area contributed by atoms with Gasteiger partial charge in [0, 0.05) is 33.9 Å². The number of nitrogens with zero attached hydrogens (tertiary/aromatic N) is 2. The summed E-state index contributed by atoms with van der Waals surface area (Å²) in [5.41, 5.74) is 1.92. The van der Waals surface area contributed by atoms with Gasteiger partial charge in [-0.3, -0.25) is 10.1 Å². The third-order valence-electron chi connectivity index (χ3n) is 3.91. The monoisotopic (exact) mass is 470 g/mol. The number of benzene rings is 2. The van der Waals surface area contributed by atoms with Crippen molar-refractivity contribution in [1.82, 2.24) is 0 Å². The molecule has 5 nitrogen and oxygen atoms in total. The number of thioether (sulfide) groups is 1. The molecule has 0 saturated carbocycles. The SMILES string of the molecule is O=C1C(=Cc2ccc(Cl)cc2Cl)Sc2scc(-c3cccc([N+](=O)[O-])c3)[n+]21.[Cl-]. The standard InChI is InChI=1S/C18H9Cl2N2O3S2.ClH/c19-12-5-4-10(14(20)8-12)7-16-17(23)21-15(9-26-18(21)27-16)11-2-1-3-13(6-11)22(24)25;/h1-9H;1H/q+1;/p-1. The predicted octanol–water partition coefficient (Wildman–Crippen LogP) is 2.71. The first-order valence-corrected chi connectivity index (χ1v) is 10.1. The Balaban J connectivity index is 0.00000225. The minimum absolute atomic E-state index is 0. The fourth-order valence-electron chi connectivity index (χ4n) is 2.65. The van der Waals surface area contributed by atoms with Gasteiger partial charge in [-0.05, 0) is 29.8 Å². The van der Waals surface area contributed by atoms with Gasteiger partial charge in [0.2, 0.25) is 5.69 Å². The average Bonchev–Trinajstić information content (AvgIpc) is 3.18. The molecular formula is C18H9Cl3N2O3S2. The number of non-ortho nitro benzene ring substituents is 1. The molecule has 4 rings (SSSR count). The summed E-state index contributed by atoms with van der Waals surface area (Å²) in [4.78, 5) is 24.0. The van der Waals surface area contributed by atoms with Crippen LogP contribution >= 0.6 is 46.3 Å². The highest BCUT2D eigenvalue weighted by Gasteiger charge is 2.41. The Morgan fingerprint density at radius 2 is 1.93 bits per heavy atom. The van der Waals surface area contributed by atoms with Crippen LogP contribution in [0.25, 0.3) is 17.3 Å². The van der Waals surface area contributed by atoms with E-state index in [9.17, 15) is 14.9 Å². The molecule has 1 aromatic heterocycles. The smallest absolute Gasteiger partial charge is 0.433 e. The largest absolute Gasteiger partial charge is 1.00 e. The van der Waals surface area contributed by atoms with E-state index in [4.69, 9.17) is 23.2 Å². The molecule has 0 atom stereocenters. The van der Waals surface area contributed by atoms with Crippen LogP contribution in [0.3, 0.4) is 0 Å². The summed E-state index contributed by atoms with van der Waals surface area (Å²) in [5.74, 6) is -0.191. The van der Waals surface area contributed by atoms with Crippen molar-refractivity contribution in [3.63, 3.8) is 0 Å². The predicted molar refractivity (Wildman–Crippen MR) is 108 cm³/mol. The second kappa shape index (κ2) is 8.23. The Hall–Kier alpha value is -1.90. The molecule has 0 N–H and O–H groups in total. The maximum absolute atomic E-state index is 12.9. The van der Waals surface area contributed by atoms with Crippen molar-refractivity contribution in [2.45, 2.75) is 4.34 Å². The number of thiazole rings is 1. The van der Waals surface area contributed by atoms with Gasteiger partial charge >= 0.3 is 10.2 Å². The highest BCUT2D eigenvalue weighted by Crippen LogP contribution is 2.39. The van der Waals surface area contributed by atoms with Crippen LogP contribution in [0.2, 0.25) is 10.0 Å². The molecule has 2 aromatic carbocycles. The third kappa shape index (κ3) is 3.81. The summed E-state index contributed by atoms with van der Waals surface area (Å²) < 4.78 is 2.36. The maximum atomic E-state index is 12.9. The van der Waals surface area contributed by atoms with Crippen molar-refractivity contribution in [3.8, 4) is 11.3 Å². The summed E-state index contributed by atoms with van der Waals surface area (Å²) >= 11 is 14.9. The number of rotatable bonds is 3. The molecule has 0 saturated heterocycles. The molecule has 0 aliphatic carbocycles. The van der Waals surface area contributed by atoms with Crippen LogP contribution in [0, 0.1) is 10.1 Å². The highest BCUT2D eigenvalue weighted by atomic mass is 35.5. The second-order valence-corrected chi connectivity index (χ2v) is 8.60. The van der Waals surface area contributed by atoms with Crippen LogP contribution in [0.5, 0.6) is 0 Å². The van der Waals surface area contributed by atoms with Crippen LogP contribution in [-0.4, -0.2) is 10.8 Å². The van der Waals surface area contributed by atoms with Crippen molar-refractivity contribution < 1.29 is 26.7 Å². The summed E-state index contributed by atoms with van der Waals surface area (Å²) in [6, 6.07) is 11.3. The van der Waals surface area contributed by atoms with Crippen molar-refractivity contribution in [2.24, 2.45) is 0 Å². The fraction of sp³-hybridized carbons (Fsp3) is 0. The first-order chi connectivity index (χ1) is 12.9. The molecule has 0 spiro atoms. The number of halogens is 3.